The van der Waals surface area contributed by atoms with Crippen molar-refractivity contribution in [3.8, 4) is 39.5 Å². The minimum atomic E-state index is 0. The van der Waals surface area contributed by atoms with Gasteiger partial charge in [0.2, 0.25) is 5.71 Å². The summed E-state index contributed by atoms with van der Waals surface area (Å²) in [6.45, 7) is 1.96. The number of furan rings is 1. The van der Waals surface area contributed by atoms with Crippen LogP contribution in [0.4, 0.5) is 0 Å². The molecule has 0 amide bonds. The fraction of sp³-hybridized carbons (Fsp3) is 0.0244. The largest absolute Gasteiger partial charge is 0.486 e. The Bertz CT molecular complexity index is 2420. The summed E-state index contributed by atoms with van der Waals surface area (Å²) in [6.07, 6.45) is 3.66. The SMILES string of the molecule is Cc1ccc2c(n1)oc1c(-c3nc4ncc(-c5ccccc5)cc4n3-c3ccccc3)[c-]ccc12.[Ir].[c-]1ccccc1-c1ccccn1. The first-order valence-electron chi connectivity index (χ1n) is 15.3. The van der Waals surface area contributed by atoms with E-state index in [4.69, 9.17) is 14.4 Å². The van der Waals surface area contributed by atoms with Crippen molar-refractivity contribution in [2.75, 3.05) is 0 Å². The molecule has 0 unspecified atom stereocenters. The van der Waals surface area contributed by atoms with Gasteiger partial charge in [0.1, 0.15) is 0 Å². The molecule has 0 atom stereocenters. The van der Waals surface area contributed by atoms with Crippen molar-refractivity contribution in [3.05, 3.63) is 164 Å². The number of hydrogen-bond acceptors (Lipinski definition) is 5. The standard InChI is InChI=1S/C30H19N4O.C11H8N.Ir/c1-19-15-16-24-23-13-8-14-25(27(23)35-30(24)32-19)29-33-28-26(34(29)22-11-6-3-7-12-22)17-21(18-31-28)20-9-4-2-5-10-20;1-2-6-10(7-3-1)11-8-4-5-9-12-11;/h2-13,15-18H,1H3;1-6,8-9H;/q2*-1;. The Morgan fingerprint density at radius 1 is 0.667 bits per heavy atom. The van der Waals surface area contributed by atoms with E-state index in [0.29, 0.717) is 11.4 Å². The fourth-order valence-electron chi connectivity index (χ4n) is 5.71. The van der Waals surface area contributed by atoms with Crippen molar-refractivity contribution in [2.45, 2.75) is 6.92 Å². The molecule has 6 nitrogen and oxygen atoms in total. The third-order valence-electron chi connectivity index (χ3n) is 7.94. The summed E-state index contributed by atoms with van der Waals surface area (Å²) in [5.74, 6) is 0.727. The number of benzene rings is 4. The van der Waals surface area contributed by atoms with Gasteiger partial charge < -0.3 is 14.0 Å². The van der Waals surface area contributed by atoms with Crippen LogP contribution in [-0.4, -0.2) is 24.5 Å². The van der Waals surface area contributed by atoms with Crippen molar-refractivity contribution in [1.29, 1.82) is 0 Å². The van der Waals surface area contributed by atoms with Crippen LogP contribution in [0.5, 0.6) is 0 Å². The molecule has 5 heterocycles. The van der Waals surface area contributed by atoms with Gasteiger partial charge in [-0.1, -0.05) is 71.6 Å². The molecule has 9 rings (SSSR count). The number of hydrogen-bond donors (Lipinski definition) is 0. The summed E-state index contributed by atoms with van der Waals surface area (Å²) in [6, 6.07) is 50.8. The van der Waals surface area contributed by atoms with E-state index >= 15 is 0 Å². The minimum absolute atomic E-state index is 0. The van der Waals surface area contributed by atoms with Crippen LogP contribution in [0, 0.1) is 19.1 Å². The first kappa shape index (κ1) is 30.9. The molecule has 0 aliphatic carbocycles. The predicted octanol–water partition coefficient (Wildman–Crippen LogP) is 9.70. The van der Waals surface area contributed by atoms with Crippen LogP contribution in [-0.2, 0) is 20.1 Å². The Morgan fingerprint density at radius 3 is 2.23 bits per heavy atom. The molecule has 4 aromatic carbocycles. The Kier molecular flexibility index (Phi) is 8.71. The van der Waals surface area contributed by atoms with E-state index in [1.165, 1.54) is 0 Å². The molecule has 1 radical (unpaired) electrons. The summed E-state index contributed by atoms with van der Waals surface area (Å²) < 4.78 is 8.41. The number of para-hydroxylation sites is 1. The number of aryl methyl sites for hydroxylation is 1. The number of nitrogens with zero attached hydrogens (tertiary/aromatic N) is 5. The van der Waals surface area contributed by atoms with Crippen molar-refractivity contribution in [2.24, 2.45) is 0 Å². The average Bonchev–Trinajstić information content (AvgIpc) is 3.71. The van der Waals surface area contributed by atoms with Gasteiger partial charge >= 0.3 is 0 Å². The summed E-state index contributed by atoms with van der Waals surface area (Å²) >= 11 is 0. The second-order valence-electron chi connectivity index (χ2n) is 11.0. The summed E-state index contributed by atoms with van der Waals surface area (Å²) in [7, 11) is 0. The van der Waals surface area contributed by atoms with Gasteiger partial charge in [-0.3, -0.25) is 4.98 Å². The van der Waals surface area contributed by atoms with Crippen LogP contribution < -0.4 is 0 Å². The molecule has 0 spiro atoms. The zero-order valence-corrected chi connectivity index (χ0v) is 28.2. The Hall–Kier alpha value is -5.75. The first-order chi connectivity index (χ1) is 23.2. The molecule has 0 aliphatic heterocycles. The Balaban J connectivity index is 0.000000237. The molecule has 0 bridgehead atoms. The van der Waals surface area contributed by atoms with Crippen LogP contribution >= 0.6 is 0 Å². The van der Waals surface area contributed by atoms with E-state index in [2.05, 4.69) is 63.1 Å². The summed E-state index contributed by atoms with van der Waals surface area (Å²) in [4.78, 5) is 18.5. The molecule has 48 heavy (non-hydrogen) atoms. The molecular weight excluding hydrogens is 771 g/mol. The smallest absolute Gasteiger partial charge is 0.216 e. The number of pyridine rings is 3. The number of fused-ring (bicyclic) bond motifs is 4. The first-order valence-corrected chi connectivity index (χ1v) is 15.3. The second-order valence-corrected chi connectivity index (χ2v) is 11.0. The number of aromatic nitrogens is 5. The molecule has 0 fully saturated rings. The van der Waals surface area contributed by atoms with E-state index in [9.17, 15) is 0 Å². The molecule has 0 aliphatic rings. The van der Waals surface area contributed by atoms with Gasteiger partial charge in [-0.25, -0.2) is 9.97 Å². The van der Waals surface area contributed by atoms with E-state index in [1.54, 1.807) is 6.20 Å². The summed E-state index contributed by atoms with van der Waals surface area (Å²) in [5, 5.41) is 1.97. The minimum Gasteiger partial charge on any atom is -0.486 e. The second kappa shape index (κ2) is 13.5. The zero-order chi connectivity index (χ0) is 31.6. The van der Waals surface area contributed by atoms with E-state index in [0.717, 1.165) is 67.0 Å². The fourth-order valence-corrected chi connectivity index (χ4v) is 5.71. The maximum absolute atomic E-state index is 6.28. The maximum atomic E-state index is 6.28. The summed E-state index contributed by atoms with van der Waals surface area (Å²) in [5.41, 5.74) is 9.76. The molecule has 7 heteroatoms. The predicted molar refractivity (Wildman–Crippen MR) is 187 cm³/mol. The number of rotatable bonds is 4. The van der Waals surface area contributed by atoms with Gasteiger partial charge in [-0.15, -0.1) is 54.1 Å². The molecule has 0 saturated carbocycles. The molecule has 0 N–H and O–H groups in total. The van der Waals surface area contributed by atoms with Crippen LogP contribution in [0.3, 0.4) is 0 Å². The molecular formula is C41H27IrN5O-2. The van der Waals surface area contributed by atoms with E-state index in [-0.39, 0.29) is 20.1 Å². The average molecular weight is 798 g/mol. The van der Waals surface area contributed by atoms with Gasteiger partial charge in [0.25, 0.3) is 0 Å². The Morgan fingerprint density at radius 2 is 1.46 bits per heavy atom. The van der Waals surface area contributed by atoms with Crippen molar-refractivity contribution >= 4 is 33.2 Å². The van der Waals surface area contributed by atoms with Crippen molar-refractivity contribution in [3.63, 3.8) is 0 Å². The number of imidazole rings is 1. The Labute approximate surface area is 291 Å². The normalized spacial score (nSPS) is 10.9. The molecule has 9 aromatic rings. The van der Waals surface area contributed by atoms with Crippen LogP contribution in [0.2, 0.25) is 0 Å². The molecule has 0 saturated heterocycles. The van der Waals surface area contributed by atoms with Crippen LogP contribution in [0.1, 0.15) is 5.69 Å². The van der Waals surface area contributed by atoms with Crippen molar-refractivity contribution < 1.29 is 24.5 Å². The maximum Gasteiger partial charge on any atom is 0.216 e. The zero-order valence-electron chi connectivity index (χ0n) is 25.8. The van der Waals surface area contributed by atoms with Gasteiger partial charge in [-0.2, -0.15) is 0 Å². The quantitative estimate of drug-likeness (QED) is 0.166. The van der Waals surface area contributed by atoms with Crippen molar-refractivity contribution in [1.82, 2.24) is 24.5 Å². The topological polar surface area (TPSA) is 69.6 Å². The third kappa shape index (κ3) is 5.93. The van der Waals surface area contributed by atoms with Crippen LogP contribution in [0.25, 0.3) is 72.7 Å². The van der Waals surface area contributed by atoms with Crippen LogP contribution in [0.15, 0.2) is 150 Å². The molecule has 5 aromatic heterocycles. The van der Waals surface area contributed by atoms with Gasteiger partial charge in [0.15, 0.2) is 5.65 Å². The van der Waals surface area contributed by atoms with Gasteiger partial charge in [0, 0.05) is 54.8 Å². The van der Waals surface area contributed by atoms with E-state index in [1.807, 2.05) is 110 Å². The monoisotopic (exact) mass is 798 g/mol. The van der Waals surface area contributed by atoms with Gasteiger partial charge in [0.05, 0.1) is 16.9 Å². The van der Waals surface area contributed by atoms with Gasteiger partial charge in [-0.05, 0) is 54.6 Å². The van der Waals surface area contributed by atoms with E-state index < -0.39 is 0 Å². The third-order valence-corrected chi connectivity index (χ3v) is 7.94. The molecule has 233 valence electrons.